The van der Waals surface area contributed by atoms with Crippen LogP contribution in [-0.2, 0) is 0 Å². The van der Waals surface area contributed by atoms with Crippen molar-refractivity contribution in [1.29, 1.82) is 0 Å². The summed E-state index contributed by atoms with van der Waals surface area (Å²) >= 11 is 0. The Morgan fingerprint density at radius 1 is 0.500 bits per heavy atom. The van der Waals surface area contributed by atoms with Gasteiger partial charge in [-0.25, -0.2) is 0 Å². The summed E-state index contributed by atoms with van der Waals surface area (Å²) in [6.45, 7) is 22.8. The van der Waals surface area contributed by atoms with E-state index in [2.05, 4.69) is 64.4 Å². The van der Waals surface area contributed by atoms with Gasteiger partial charge in [0.2, 0.25) is 0 Å². The summed E-state index contributed by atoms with van der Waals surface area (Å²) in [6, 6.07) is 0. The van der Waals surface area contributed by atoms with Gasteiger partial charge < -0.3 is 16.0 Å². The molecule has 0 saturated heterocycles. The van der Waals surface area contributed by atoms with E-state index in [1.807, 2.05) is 13.8 Å². The zero-order valence-corrected chi connectivity index (χ0v) is 20.3. The highest BCUT2D eigenvalue weighted by atomic mass is 16.1. The van der Waals surface area contributed by atoms with Gasteiger partial charge >= 0.3 is 0 Å². The minimum atomic E-state index is 0.826. The molecular weight excluding hydrogens is 370 g/mol. The number of carbonyl (C=O) groups excluding carboxylic acids is 1. The number of nitrogens with one attached hydrogen (secondary N) is 3. The fourth-order valence-corrected chi connectivity index (χ4v) is 4.23. The van der Waals surface area contributed by atoms with E-state index < -0.39 is 0 Å². The molecule has 0 radical (unpaired) electrons. The molecule has 0 aromatic heterocycles. The lowest BCUT2D eigenvalue weighted by Gasteiger charge is -2.20. The average Bonchev–Trinajstić information content (AvgIpc) is 2.73. The molecule has 0 aliphatic carbocycles. The van der Waals surface area contributed by atoms with Gasteiger partial charge in [-0.05, 0) is 112 Å². The van der Waals surface area contributed by atoms with Crippen molar-refractivity contribution in [2.75, 3.05) is 36.8 Å². The van der Waals surface area contributed by atoms with Crippen LogP contribution in [0.3, 0.4) is 0 Å². The van der Waals surface area contributed by atoms with Crippen LogP contribution in [-0.4, -0.2) is 32.5 Å². The van der Waals surface area contributed by atoms with Crippen LogP contribution in [0, 0.1) is 62.3 Å². The molecule has 0 atom stereocenters. The molecule has 30 heavy (non-hydrogen) atoms. The fraction of sp³-hybridized carbons (Fsp3) is 0.500. The molecule has 0 bridgehead atoms. The lowest BCUT2D eigenvalue weighted by atomic mass is 9.92. The molecule has 0 aliphatic heterocycles. The summed E-state index contributed by atoms with van der Waals surface area (Å²) in [7, 11) is 0. The molecule has 2 aromatic carbocycles. The van der Waals surface area contributed by atoms with E-state index >= 15 is 0 Å². The SMILES string of the molecule is Cc1c(C)c(C)c(NCCNCCNc2c(C)c(C)c(C=O)c(C)c2C)c(C)c1C. The molecule has 0 saturated carbocycles. The first-order chi connectivity index (χ1) is 14.1. The average molecular weight is 410 g/mol. The topological polar surface area (TPSA) is 53.2 Å². The lowest BCUT2D eigenvalue weighted by Crippen LogP contribution is -2.28. The van der Waals surface area contributed by atoms with Gasteiger partial charge in [-0.2, -0.15) is 0 Å². The predicted octanol–water partition coefficient (Wildman–Crippen LogP) is 5.39. The van der Waals surface area contributed by atoms with Gasteiger partial charge in [-0.15, -0.1) is 0 Å². The van der Waals surface area contributed by atoms with Crippen molar-refractivity contribution < 1.29 is 4.79 Å². The highest BCUT2D eigenvalue weighted by molar-refractivity contribution is 5.84. The molecule has 0 unspecified atom stereocenters. The van der Waals surface area contributed by atoms with Crippen LogP contribution in [0.5, 0.6) is 0 Å². The zero-order chi connectivity index (χ0) is 22.6. The Morgan fingerprint density at radius 2 is 0.833 bits per heavy atom. The van der Waals surface area contributed by atoms with Crippen LogP contribution in [0.1, 0.15) is 60.4 Å². The molecule has 4 nitrogen and oxygen atoms in total. The second kappa shape index (κ2) is 10.1. The number of carbonyl (C=O) groups is 1. The van der Waals surface area contributed by atoms with Gasteiger partial charge in [0.05, 0.1) is 0 Å². The van der Waals surface area contributed by atoms with Gasteiger partial charge in [0, 0.05) is 43.1 Å². The third kappa shape index (κ3) is 4.70. The standard InChI is InChI=1S/C26H39N3O/c1-15-16(2)20(6)25(21(7)17(15)3)28-12-10-27-11-13-29-26-22(8)18(4)24(14-30)19(5)23(26)9/h14,27-29H,10-13H2,1-9H3. The maximum Gasteiger partial charge on any atom is 0.150 e. The maximum absolute atomic E-state index is 11.4. The number of hydrogen-bond donors (Lipinski definition) is 3. The Bertz CT molecular complexity index is 886. The number of rotatable bonds is 9. The fourth-order valence-electron chi connectivity index (χ4n) is 4.23. The molecule has 4 heteroatoms. The first kappa shape index (κ1) is 23.9. The van der Waals surface area contributed by atoms with Crippen molar-refractivity contribution in [1.82, 2.24) is 5.32 Å². The first-order valence-corrected chi connectivity index (χ1v) is 10.9. The zero-order valence-electron chi connectivity index (χ0n) is 20.3. The van der Waals surface area contributed by atoms with E-state index in [1.165, 1.54) is 33.5 Å². The minimum absolute atomic E-state index is 0.826. The Balaban J connectivity index is 1.87. The van der Waals surface area contributed by atoms with Crippen molar-refractivity contribution in [2.24, 2.45) is 0 Å². The number of hydrogen-bond acceptors (Lipinski definition) is 4. The summed E-state index contributed by atoms with van der Waals surface area (Å²) in [5.74, 6) is 0. The Morgan fingerprint density at radius 3 is 1.20 bits per heavy atom. The van der Waals surface area contributed by atoms with E-state index in [4.69, 9.17) is 0 Å². The second-order valence-electron chi connectivity index (χ2n) is 8.51. The van der Waals surface area contributed by atoms with E-state index in [-0.39, 0.29) is 0 Å². The van der Waals surface area contributed by atoms with Crippen molar-refractivity contribution >= 4 is 17.7 Å². The Labute approximate surface area is 182 Å². The van der Waals surface area contributed by atoms with Gasteiger partial charge in [-0.1, -0.05) is 0 Å². The van der Waals surface area contributed by atoms with Crippen LogP contribution < -0.4 is 16.0 Å². The molecule has 2 rings (SSSR count). The smallest absolute Gasteiger partial charge is 0.150 e. The molecule has 0 aliphatic rings. The first-order valence-electron chi connectivity index (χ1n) is 10.9. The monoisotopic (exact) mass is 409 g/mol. The van der Waals surface area contributed by atoms with Crippen LogP contribution in [0.25, 0.3) is 0 Å². The molecule has 0 fully saturated rings. The molecule has 0 spiro atoms. The second-order valence-corrected chi connectivity index (χ2v) is 8.51. The summed E-state index contributed by atoms with van der Waals surface area (Å²) < 4.78 is 0. The van der Waals surface area contributed by atoms with Crippen molar-refractivity contribution in [3.8, 4) is 0 Å². The van der Waals surface area contributed by atoms with Gasteiger partial charge in [0.15, 0.2) is 6.29 Å². The number of benzene rings is 2. The van der Waals surface area contributed by atoms with Crippen LogP contribution >= 0.6 is 0 Å². The van der Waals surface area contributed by atoms with Crippen LogP contribution in [0.4, 0.5) is 11.4 Å². The summed E-state index contributed by atoms with van der Waals surface area (Å²) in [4.78, 5) is 11.4. The van der Waals surface area contributed by atoms with E-state index in [1.54, 1.807) is 0 Å². The summed E-state index contributed by atoms with van der Waals surface area (Å²) in [6.07, 6.45) is 0.976. The number of anilines is 2. The minimum Gasteiger partial charge on any atom is -0.383 e. The molecule has 0 heterocycles. The molecular formula is C26H39N3O. The predicted molar refractivity (Wildman–Crippen MR) is 131 cm³/mol. The number of aldehydes is 1. The third-order valence-corrected chi connectivity index (χ3v) is 7.01. The molecule has 164 valence electrons. The van der Waals surface area contributed by atoms with E-state index in [0.717, 1.165) is 66.0 Å². The lowest BCUT2D eigenvalue weighted by molar-refractivity contribution is 0.112. The Hall–Kier alpha value is -2.33. The summed E-state index contributed by atoms with van der Waals surface area (Å²) in [5.41, 5.74) is 14.6. The molecule has 2 aromatic rings. The van der Waals surface area contributed by atoms with Crippen LogP contribution in [0.2, 0.25) is 0 Å². The normalized spacial score (nSPS) is 11.0. The van der Waals surface area contributed by atoms with Crippen LogP contribution in [0.15, 0.2) is 0 Å². The van der Waals surface area contributed by atoms with Crippen molar-refractivity contribution in [2.45, 2.75) is 62.3 Å². The third-order valence-electron chi connectivity index (χ3n) is 7.01. The highest BCUT2D eigenvalue weighted by Gasteiger charge is 2.14. The largest absolute Gasteiger partial charge is 0.383 e. The van der Waals surface area contributed by atoms with Gasteiger partial charge in [0.1, 0.15) is 0 Å². The molecule has 0 amide bonds. The van der Waals surface area contributed by atoms with Crippen molar-refractivity contribution in [3.63, 3.8) is 0 Å². The van der Waals surface area contributed by atoms with Gasteiger partial charge in [0.25, 0.3) is 0 Å². The van der Waals surface area contributed by atoms with Gasteiger partial charge in [-0.3, -0.25) is 4.79 Å². The maximum atomic E-state index is 11.4. The highest BCUT2D eigenvalue weighted by Crippen LogP contribution is 2.30. The van der Waals surface area contributed by atoms with E-state index in [0.29, 0.717) is 0 Å². The van der Waals surface area contributed by atoms with E-state index in [9.17, 15) is 4.79 Å². The van der Waals surface area contributed by atoms with Crippen molar-refractivity contribution in [3.05, 3.63) is 55.6 Å². The molecule has 3 N–H and O–H groups in total. The quantitative estimate of drug-likeness (QED) is 0.384. The Kier molecular flexibility index (Phi) is 8.08. The summed E-state index contributed by atoms with van der Waals surface area (Å²) in [5, 5.41) is 10.7.